The third kappa shape index (κ3) is 8.67. The van der Waals surface area contributed by atoms with Gasteiger partial charge in [0.15, 0.2) is 5.17 Å². The molecule has 1 atom stereocenters. The minimum atomic E-state index is -1.03. The number of benzene rings is 3. The van der Waals surface area contributed by atoms with Gasteiger partial charge in [-0.3, -0.25) is 9.59 Å². The van der Waals surface area contributed by atoms with Crippen LogP contribution in [0.3, 0.4) is 0 Å². The van der Waals surface area contributed by atoms with E-state index >= 15 is 0 Å². The first kappa shape index (κ1) is 26.7. The van der Waals surface area contributed by atoms with Crippen LogP contribution >= 0.6 is 11.8 Å². The number of hydrogen-bond acceptors (Lipinski definition) is 8. The third-order valence-corrected chi connectivity index (χ3v) is 6.34. The molecule has 2 N–H and O–H groups in total. The standard InChI is InChI=1S/C28H27N3O6S/c32-26(33)17-25-27(34)30-28(38-25)31-29-18-20-7-9-22(10-8-20)35-15-4-16-36-23-11-13-24(14-12-23)37-19-21-5-2-1-3-6-21/h1-3,5-14,18,25H,4,15-17,19H2,(H,32,33)(H,30,31,34). The molecular weight excluding hydrogens is 506 g/mol. The van der Waals surface area contributed by atoms with Crippen LogP contribution in [0.25, 0.3) is 0 Å². The van der Waals surface area contributed by atoms with E-state index in [1.807, 2.05) is 78.9 Å². The molecule has 0 aliphatic carbocycles. The number of aliphatic carboxylic acids is 1. The number of carbonyl (C=O) groups is 2. The summed E-state index contributed by atoms with van der Waals surface area (Å²) in [6, 6.07) is 24.9. The van der Waals surface area contributed by atoms with Gasteiger partial charge in [-0.25, -0.2) is 0 Å². The molecule has 38 heavy (non-hydrogen) atoms. The van der Waals surface area contributed by atoms with Crippen LogP contribution in [0.5, 0.6) is 17.2 Å². The number of ether oxygens (including phenoxy) is 3. The van der Waals surface area contributed by atoms with Crippen molar-refractivity contribution in [2.45, 2.75) is 24.7 Å². The van der Waals surface area contributed by atoms with Crippen molar-refractivity contribution in [3.63, 3.8) is 0 Å². The van der Waals surface area contributed by atoms with Gasteiger partial charge < -0.3 is 24.6 Å². The second-order valence-corrected chi connectivity index (χ2v) is 9.40. The van der Waals surface area contributed by atoms with Crippen molar-refractivity contribution in [1.82, 2.24) is 5.32 Å². The third-order valence-electron chi connectivity index (χ3n) is 5.27. The maximum Gasteiger partial charge on any atom is 0.305 e. The van der Waals surface area contributed by atoms with Crippen molar-refractivity contribution in [3.05, 3.63) is 90.0 Å². The Balaban J connectivity index is 1.12. The van der Waals surface area contributed by atoms with Gasteiger partial charge in [0, 0.05) is 6.42 Å². The molecule has 1 fully saturated rings. The molecule has 0 spiro atoms. The highest BCUT2D eigenvalue weighted by molar-refractivity contribution is 8.15. The summed E-state index contributed by atoms with van der Waals surface area (Å²) in [5, 5.41) is 18.8. The van der Waals surface area contributed by atoms with Crippen molar-refractivity contribution < 1.29 is 28.9 Å². The molecule has 1 aliphatic heterocycles. The van der Waals surface area contributed by atoms with Gasteiger partial charge in [0.1, 0.15) is 29.1 Å². The van der Waals surface area contributed by atoms with E-state index in [-0.39, 0.29) is 17.5 Å². The number of amides is 1. The van der Waals surface area contributed by atoms with E-state index in [1.54, 1.807) is 6.21 Å². The van der Waals surface area contributed by atoms with Crippen LogP contribution < -0.4 is 19.5 Å². The molecule has 0 aromatic heterocycles. The summed E-state index contributed by atoms with van der Waals surface area (Å²) in [7, 11) is 0. The summed E-state index contributed by atoms with van der Waals surface area (Å²) < 4.78 is 17.3. The maximum atomic E-state index is 11.7. The number of carboxylic acids is 1. The first-order valence-electron chi connectivity index (χ1n) is 12.0. The highest BCUT2D eigenvalue weighted by atomic mass is 32.2. The summed E-state index contributed by atoms with van der Waals surface area (Å²) in [4.78, 5) is 22.5. The lowest BCUT2D eigenvalue weighted by atomic mass is 10.2. The number of nitrogens with zero attached hydrogens (tertiary/aromatic N) is 2. The number of nitrogens with one attached hydrogen (secondary N) is 1. The van der Waals surface area contributed by atoms with Crippen molar-refractivity contribution in [3.8, 4) is 17.2 Å². The van der Waals surface area contributed by atoms with Gasteiger partial charge in [0.2, 0.25) is 5.91 Å². The number of rotatable bonds is 13. The first-order valence-corrected chi connectivity index (χ1v) is 12.9. The number of hydrogen-bond donors (Lipinski definition) is 2. The molecule has 1 aliphatic rings. The number of amidine groups is 1. The number of carboxylic acid groups (broad SMARTS) is 1. The minimum Gasteiger partial charge on any atom is -0.493 e. The summed E-state index contributed by atoms with van der Waals surface area (Å²) in [5.41, 5.74) is 1.92. The molecule has 1 heterocycles. The molecule has 10 heteroatoms. The highest BCUT2D eigenvalue weighted by Gasteiger charge is 2.32. The van der Waals surface area contributed by atoms with E-state index in [0.29, 0.717) is 19.8 Å². The molecule has 4 rings (SSSR count). The molecule has 3 aromatic rings. The zero-order valence-corrected chi connectivity index (χ0v) is 21.3. The lowest BCUT2D eigenvalue weighted by molar-refractivity contribution is -0.138. The quantitative estimate of drug-likeness (QED) is 0.189. The summed E-state index contributed by atoms with van der Waals surface area (Å²) >= 11 is 1.06. The summed E-state index contributed by atoms with van der Waals surface area (Å²) in [5.74, 6) is 0.882. The van der Waals surface area contributed by atoms with E-state index in [9.17, 15) is 9.59 Å². The average Bonchev–Trinajstić information content (AvgIpc) is 3.27. The van der Waals surface area contributed by atoms with E-state index < -0.39 is 11.2 Å². The monoisotopic (exact) mass is 533 g/mol. The van der Waals surface area contributed by atoms with Crippen molar-refractivity contribution in [1.29, 1.82) is 0 Å². The lowest BCUT2D eigenvalue weighted by Gasteiger charge is -2.10. The van der Waals surface area contributed by atoms with E-state index in [1.165, 1.54) is 0 Å². The van der Waals surface area contributed by atoms with Gasteiger partial charge in [-0.2, -0.15) is 5.10 Å². The minimum absolute atomic E-state index is 0.259. The zero-order chi connectivity index (χ0) is 26.6. The molecule has 3 aromatic carbocycles. The predicted molar refractivity (Wildman–Crippen MR) is 146 cm³/mol. The smallest absolute Gasteiger partial charge is 0.305 e. The fourth-order valence-electron chi connectivity index (χ4n) is 3.36. The van der Waals surface area contributed by atoms with E-state index in [0.717, 1.165) is 46.6 Å². The van der Waals surface area contributed by atoms with Gasteiger partial charge in [-0.1, -0.05) is 42.1 Å². The van der Waals surface area contributed by atoms with Crippen LogP contribution in [0, 0.1) is 0 Å². The Morgan fingerprint density at radius 2 is 1.50 bits per heavy atom. The number of carbonyl (C=O) groups excluding carboxylic acids is 1. The Bertz CT molecular complexity index is 1260. The van der Waals surface area contributed by atoms with Crippen LogP contribution in [-0.4, -0.2) is 46.8 Å². The normalized spacial score (nSPS) is 15.9. The van der Waals surface area contributed by atoms with Crippen LogP contribution in [0.4, 0.5) is 0 Å². The molecule has 0 saturated carbocycles. The highest BCUT2D eigenvalue weighted by Crippen LogP contribution is 2.22. The van der Waals surface area contributed by atoms with Crippen LogP contribution in [0.2, 0.25) is 0 Å². The van der Waals surface area contributed by atoms with Gasteiger partial charge in [-0.05, 0) is 59.7 Å². The Morgan fingerprint density at radius 3 is 2.13 bits per heavy atom. The molecule has 1 saturated heterocycles. The topological polar surface area (TPSA) is 119 Å². The second kappa shape index (κ2) is 13.8. The van der Waals surface area contributed by atoms with E-state index in [2.05, 4.69) is 15.5 Å². The Labute approximate surface area is 224 Å². The second-order valence-electron chi connectivity index (χ2n) is 8.21. The molecule has 196 valence electrons. The van der Waals surface area contributed by atoms with Crippen molar-refractivity contribution in [2.24, 2.45) is 10.2 Å². The Kier molecular flexibility index (Phi) is 9.75. The predicted octanol–water partition coefficient (Wildman–Crippen LogP) is 4.51. The van der Waals surface area contributed by atoms with Crippen LogP contribution in [0.1, 0.15) is 24.0 Å². The number of thioether (sulfide) groups is 1. The van der Waals surface area contributed by atoms with Crippen LogP contribution in [0.15, 0.2) is 89.1 Å². The largest absolute Gasteiger partial charge is 0.493 e. The van der Waals surface area contributed by atoms with Gasteiger partial charge >= 0.3 is 5.97 Å². The SMILES string of the molecule is O=C(O)CC1SC(=NN=Cc2ccc(OCCCOc3ccc(OCc4ccccc4)cc3)cc2)NC1=O. The molecule has 1 amide bonds. The van der Waals surface area contributed by atoms with Crippen molar-refractivity contribution in [2.75, 3.05) is 13.2 Å². The molecular formula is C28H27N3O6S. The lowest BCUT2D eigenvalue weighted by Crippen LogP contribution is -2.26. The average molecular weight is 534 g/mol. The van der Waals surface area contributed by atoms with Gasteiger partial charge in [0.25, 0.3) is 0 Å². The van der Waals surface area contributed by atoms with Gasteiger partial charge in [0.05, 0.1) is 25.8 Å². The zero-order valence-electron chi connectivity index (χ0n) is 20.5. The first-order chi connectivity index (χ1) is 18.5. The Morgan fingerprint density at radius 1 is 0.895 bits per heavy atom. The van der Waals surface area contributed by atoms with Crippen LogP contribution in [-0.2, 0) is 16.2 Å². The molecule has 9 nitrogen and oxygen atoms in total. The van der Waals surface area contributed by atoms with Gasteiger partial charge in [-0.15, -0.1) is 5.10 Å². The molecule has 0 bridgehead atoms. The molecule has 1 unspecified atom stereocenters. The Hall–Kier alpha value is -4.31. The maximum absolute atomic E-state index is 11.7. The fraction of sp³-hybridized carbons (Fsp3) is 0.214. The summed E-state index contributed by atoms with van der Waals surface area (Å²) in [6.45, 7) is 1.56. The fourth-order valence-corrected chi connectivity index (χ4v) is 4.27. The summed E-state index contributed by atoms with van der Waals surface area (Å²) in [6.07, 6.45) is 2.00. The van der Waals surface area contributed by atoms with E-state index in [4.69, 9.17) is 19.3 Å². The van der Waals surface area contributed by atoms with Crippen molar-refractivity contribution >= 4 is 35.0 Å². The molecule has 0 radical (unpaired) electrons.